The monoisotopic (exact) mass is 356 g/mol. The first-order chi connectivity index (χ1) is 12.2. The van der Waals surface area contributed by atoms with Gasteiger partial charge in [0, 0.05) is 29.8 Å². The molecule has 2 atom stereocenters. The Hall–Kier alpha value is -2.11. The molecule has 25 heavy (non-hydrogen) atoms. The molecule has 2 aromatic heterocycles. The highest BCUT2D eigenvalue weighted by Crippen LogP contribution is 2.31. The number of hydrogen-bond acceptors (Lipinski definition) is 4. The van der Waals surface area contributed by atoms with Crippen molar-refractivity contribution in [3.05, 3.63) is 47.1 Å². The van der Waals surface area contributed by atoms with E-state index in [0.29, 0.717) is 17.1 Å². The average Bonchev–Trinajstić information content (AvgIpc) is 3.26. The maximum Gasteiger partial charge on any atom is 0.159 e. The van der Waals surface area contributed by atoms with Crippen molar-refractivity contribution < 1.29 is 5.11 Å². The van der Waals surface area contributed by atoms with Crippen molar-refractivity contribution in [1.29, 1.82) is 0 Å². The fourth-order valence-corrected chi connectivity index (χ4v) is 3.72. The van der Waals surface area contributed by atoms with Gasteiger partial charge < -0.3 is 10.4 Å². The number of aliphatic hydroxyl groups is 1. The van der Waals surface area contributed by atoms with Gasteiger partial charge in [-0.1, -0.05) is 41.9 Å². The Kier molecular flexibility index (Phi) is 4.36. The van der Waals surface area contributed by atoms with E-state index in [1.807, 2.05) is 47.8 Å². The van der Waals surface area contributed by atoms with Gasteiger partial charge in [-0.25, -0.2) is 4.98 Å². The third-order valence-electron chi connectivity index (χ3n) is 4.99. The van der Waals surface area contributed by atoms with Gasteiger partial charge in [0.25, 0.3) is 0 Å². The Morgan fingerprint density at radius 2 is 2.08 bits per heavy atom. The number of aromatic nitrogens is 3. The lowest BCUT2D eigenvalue weighted by Crippen LogP contribution is -2.20. The molecule has 2 heterocycles. The zero-order valence-electron chi connectivity index (χ0n) is 14.1. The lowest BCUT2D eigenvalue weighted by atomic mass is 10.1. The Morgan fingerprint density at radius 3 is 2.80 bits per heavy atom. The molecular formula is C19H21ClN4O. The minimum Gasteiger partial charge on any atom is -0.396 e. The third-order valence-corrected chi connectivity index (χ3v) is 5.36. The highest BCUT2D eigenvalue weighted by atomic mass is 35.5. The molecule has 0 bridgehead atoms. The van der Waals surface area contributed by atoms with Crippen molar-refractivity contribution in [2.75, 3.05) is 11.9 Å². The number of rotatable bonds is 4. The van der Waals surface area contributed by atoms with Crippen molar-refractivity contribution in [3.63, 3.8) is 0 Å². The summed E-state index contributed by atoms with van der Waals surface area (Å²) in [6, 6.07) is 12.3. The van der Waals surface area contributed by atoms with Crippen LogP contribution in [0.2, 0.25) is 5.15 Å². The summed E-state index contributed by atoms with van der Waals surface area (Å²) in [6.07, 6.45) is 3.05. The molecule has 0 radical (unpaired) electrons. The normalized spacial score (nSPS) is 20.3. The molecule has 3 aromatic rings. The smallest absolute Gasteiger partial charge is 0.159 e. The second-order valence-electron chi connectivity index (χ2n) is 6.74. The maximum atomic E-state index is 9.37. The molecular weight excluding hydrogens is 336 g/mol. The molecule has 6 heteroatoms. The molecule has 2 N–H and O–H groups in total. The van der Waals surface area contributed by atoms with Crippen molar-refractivity contribution >= 4 is 23.1 Å². The van der Waals surface area contributed by atoms with Gasteiger partial charge in [0.05, 0.1) is 5.69 Å². The zero-order valence-corrected chi connectivity index (χ0v) is 14.9. The molecule has 2 unspecified atom stereocenters. The van der Waals surface area contributed by atoms with Crippen LogP contribution in [0.5, 0.6) is 0 Å². The molecule has 0 spiro atoms. The van der Waals surface area contributed by atoms with Crippen molar-refractivity contribution in [2.24, 2.45) is 5.92 Å². The van der Waals surface area contributed by atoms with Gasteiger partial charge in [-0.3, -0.25) is 0 Å². The van der Waals surface area contributed by atoms with Gasteiger partial charge in [-0.2, -0.15) is 9.61 Å². The summed E-state index contributed by atoms with van der Waals surface area (Å²) >= 11 is 6.36. The first-order valence-electron chi connectivity index (χ1n) is 8.64. The van der Waals surface area contributed by atoms with Crippen LogP contribution in [0.1, 0.15) is 24.8 Å². The van der Waals surface area contributed by atoms with Crippen LogP contribution in [0.3, 0.4) is 0 Å². The average molecular weight is 357 g/mol. The number of fused-ring (bicyclic) bond motifs is 1. The van der Waals surface area contributed by atoms with E-state index < -0.39 is 0 Å². The van der Waals surface area contributed by atoms with Crippen molar-refractivity contribution in [1.82, 2.24) is 14.6 Å². The summed E-state index contributed by atoms with van der Waals surface area (Å²) in [5, 5.41) is 18.2. The number of nitrogens with zero attached hydrogens (tertiary/aromatic N) is 3. The minimum absolute atomic E-state index is 0.254. The third kappa shape index (κ3) is 3.10. The quantitative estimate of drug-likeness (QED) is 0.695. The summed E-state index contributed by atoms with van der Waals surface area (Å²) < 4.78 is 1.84. The van der Waals surface area contributed by atoms with Crippen molar-refractivity contribution in [2.45, 2.75) is 32.2 Å². The van der Waals surface area contributed by atoms with Gasteiger partial charge in [0.2, 0.25) is 0 Å². The van der Waals surface area contributed by atoms with Gasteiger partial charge in [-0.05, 0) is 32.1 Å². The molecule has 130 valence electrons. The van der Waals surface area contributed by atoms with E-state index in [1.54, 1.807) is 0 Å². The first kappa shape index (κ1) is 16.4. The van der Waals surface area contributed by atoms with E-state index >= 15 is 0 Å². The van der Waals surface area contributed by atoms with E-state index in [-0.39, 0.29) is 6.61 Å². The molecule has 0 amide bonds. The van der Waals surface area contributed by atoms with Crippen LogP contribution in [0.4, 0.5) is 5.82 Å². The molecule has 0 saturated heterocycles. The summed E-state index contributed by atoms with van der Waals surface area (Å²) in [6.45, 7) is 2.21. The van der Waals surface area contributed by atoms with E-state index in [4.69, 9.17) is 16.7 Å². The van der Waals surface area contributed by atoms with Crippen LogP contribution in [-0.4, -0.2) is 32.4 Å². The molecule has 0 aliphatic heterocycles. The van der Waals surface area contributed by atoms with Crippen LogP contribution < -0.4 is 5.32 Å². The number of hydrogen-bond donors (Lipinski definition) is 2. The van der Waals surface area contributed by atoms with Gasteiger partial charge in [-0.15, -0.1) is 0 Å². The van der Waals surface area contributed by atoms with Crippen LogP contribution in [0, 0.1) is 12.8 Å². The van der Waals surface area contributed by atoms with E-state index in [2.05, 4.69) is 10.3 Å². The second kappa shape index (κ2) is 6.65. The topological polar surface area (TPSA) is 62.5 Å². The lowest BCUT2D eigenvalue weighted by Gasteiger charge is -2.17. The molecule has 1 saturated carbocycles. The molecule has 1 aromatic carbocycles. The van der Waals surface area contributed by atoms with E-state index in [0.717, 1.165) is 47.5 Å². The number of anilines is 1. The Morgan fingerprint density at radius 1 is 1.28 bits per heavy atom. The predicted octanol–water partition coefficient (Wildman–Crippen LogP) is 3.93. The van der Waals surface area contributed by atoms with Crippen LogP contribution >= 0.6 is 11.6 Å². The zero-order chi connectivity index (χ0) is 17.4. The molecule has 5 nitrogen and oxygen atoms in total. The maximum absolute atomic E-state index is 9.37. The largest absolute Gasteiger partial charge is 0.396 e. The fourth-order valence-electron chi connectivity index (χ4n) is 3.54. The molecule has 1 aliphatic carbocycles. The summed E-state index contributed by atoms with van der Waals surface area (Å²) in [7, 11) is 0. The summed E-state index contributed by atoms with van der Waals surface area (Å²) in [4.78, 5) is 4.47. The van der Waals surface area contributed by atoms with Gasteiger partial charge in [0.1, 0.15) is 11.0 Å². The number of benzene rings is 1. The van der Waals surface area contributed by atoms with Crippen LogP contribution in [0.15, 0.2) is 36.4 Å². The van der Waals surface area contributed by atoms with Crippen LogP contribution in [0.25, 0.3) is 16.9 Å². The predicted molar refractivity (Wildman–Crippen MR) is 100 cm³/mol. The lowest BCUT2D eigenvalue weighted by molar-refractivity contribution is 0.229. The van der Waals surface area contributed by atoms with Crippen molar-refractivity contribution in [3.8, 4) is 11.3 Å². The summed E-state index contributed by atoms with van der Waals surface area (Å²) in [5.74, 6) is 1.27. The summed E-state index contributed by atoms with van der Waals surface area (Å²) in [5.41, 5.74) is 3.55. The Labute approximate surface area is 151 Å². The first-order valence-corrected chi connectivity index (χ1v) is 9.02. The highest BCUT2D eigenvalue weighted by molar-refractivity contribution is 6.30. The standard InChI is InChI=1S/C19H21ClN4O/c1-12-18(20)22-17-10-16(14-5-3-2-4-6-14)23-24(17)19(12)21-15-8-7-13(9-15)11-25/h2-6,10,13,15,21,25H,7-9,11H2,1H3. The minimum atomic E-state index is 0.254. The Balaban J connectivity index is 1.74. The fraction of sp³-hybridized carbons (Fsp3) is 0.368. The Bertz CT molecular complexity index is 893. The number of halogens is 1. The molecule has 4 rings (SSSR count). The number of nitrogens with one attached hydrogen (secondary N) is 1. The molecule has 1 fully saturated rings. The van der Waals surface area contributed by atoms with E-state index in [1.165, 1.54) is 0 Å². The molecule has 1 aliphatic rings. The highest BCUT2D eigenvalue weighted by Gasteiger charge is 2.25. The SMILES string of the molecule is Cc1c(Cl)nc2cc(-c3ccccc3)nn2c1NC1CCC(CO)C1. The van der Waals surface area contributed by atoms with E-state index in [9.17, 15) is 5.11 Å². The van der Waals surface area contributed by atoms with Crippen LogP contribution in [-0.2, 0) is 0 Å². The number of aliphatic hydroxyl groups excluding tert-OH is 1. The van der Waals surface area contributed by atoms with Gasteiger partial charge >= 0.3 is 0 Å². The second-order valence-corrected chi connectivity index (χ2v) is 7.10. The van der Waals surface area contributed by atoms with Gasteiger partial charge in [0.15, 0.2) is 5.65 Å².